The Labute approximate surface area is 194 Å². The predicted molar refractivity (Wildman–Crippen MR) is 132 cm³/mol. The van der Waals surface area contributed by atoms with E-state index >= 15 is 0 Å². The maximum Gasteiger partial charge on any atom is 0.319 e. The first-order valence-electron chi connectivity index (χ1n) is 11.5. The molecule has 1 aromatic heterocycles. The Morgan fingerprint density at radius 2 is 1.79 bits per heavy atom. The summed E-state index contributed by atoms with van der Waals surface area (Å²) in [5.74, 6) is 0.941. The van der Waals surface area contributed by atoms with Gasteiger partial charge >= 0.3 is 5.84 Å². The number of hydrogen-bond donors (Lipinski definition) is 3. The van der Waals surface area contributed by atoms with Crippen molar-refractivity contribution in [2.75, 3.05) is 0 Å². The lowest BCUT2D eigenvalue weighted by atomic mass is 10.0. The number of hydrogen-bond acceptors (Lipinski definition) is 4. The number of unbranched alkanes of at least 4 members (excludes halogenated alkanes) is 2. The number of fused-ring (bicyclic) bond motifs is 1. The van der Waals surface area contributed by atoms with E-state index in [1.54, 1.807) is 6.92 Å². The number of H-pyrrole nitrogens is 1. The normalized spacial score (nSPS) is 13.8. The zero-order chi connectivity index (χ0) is 23.0. The molecule has 1 aliphatic rings. The van der Waals surface area contributed by atoms with E-state index in [9.17, 15) is 9.59 Å². The first-order valence-corrected chi connectivity index (χ1v) is 11.5. The minimum Gasteiger partial charge on any atom is -0.361 e. The van der Waals surface area contributed by atoms with Crippen molar-refractivity contribution in [3.05, 3.63) is 78.1 Å². The molecule has 0 bridgehead atoms. The molecule has 6 nitrogen and oxygen atoms in total. The van der Waals surface area contributed by atoms with Gasteiger partial charge in [0.05, 0.1) is 6.42 Å². The number of amides is 1. The van der Waals surface area contributed by atoms with Gasteiger partial charge in [-0.15, -0.1) is 0 Å². The summed E-state index contributed by atoms with van der Waals surface area (Å²) in [6, 6.07) is 17.8. The Kier molecular flexibility index (Phi) is 7.35. The monoisotopic (exact) mass is 442 g/mol. The standard InChI is InChI=1S/C27H30N4O2/c1-19(32)10-4-2-7-15-24(27-29-18-25(31-27)20-11-5-3-6-12-20)30-26(33)16-21-17-28-23-14-9-8-13-22(21)23/h3,5-6,8-9,11-14,17-18,24,28,31H,2,4,7,10,15-16H2,1H3,(H,30,33)/q+1/t24-/m0/s1. The molecule has 3 aromatic rings. The van der Waals surface area contributed by atoms with E-state index in [1.165, 1.54) is 0 Å². The van der Waals surface area contributed by atoms with Gasteiger partial charge in [0, 0.05) is 29.1 Å². The van der Waals surface area contributed by atoms with Crippen LogP contribution in [0.1, 0.15) is 50.2 Å². The smallest absolute Gasteiger partial charge is 0.319 e. The molecule has 33 heavy (non-hydrogen) atoms. The zero-order valence-corrected chi connectivity index (χ0v) is 18.9. The number of nitrogens with one attached hydrogen (secondary N) is 3. The molecule has 0 unspecified atom stereocenters. The Bertz CT molecular complexity index is 1180. The molecular formula is C27H30N4O2+. The third kappa shape index (κ3) is 5.98. The van der Waals surface area contributed by atoms with Crippen molar-refractivity contribution in [1.82, 2.24) is 20.6 Å². The summed E-state index contributed by atoms with van der Waals surface area (Å²) in [6.07, 6.45) is 8.12. The average Bonchev–Trinajstić information content (AvgIpc) is 3.46. The summed E-state index contributed by atoms with van der Waals surface area (Å²) in [6.45, 7) is 1.63. The van der Waals surface area contributed by atoms with Crippen molar-refractivity contribution in [3.63, 3.8) is 0 Å². The second kappa shape index (κ2) is 10.8. The quantitative estimate of drug-likeness (QED) is 0.391. The Balaban J connectivity index is 1.40. The maximum atomic E-state index is 13.0. The molecule has 2 aromatic carbocycles. The molecule has 1 radical (unpaired) electrons. The Morgan fingerprint density at radius 1 is 1.00 bits per heavy atom. The number of Topliss-reactive ketones (excluding diaryl/α,β-unsaturated/α-hetero) is 1. The lowest BCUT2D eigenvalue weighted by molar-refractivity contribution is -0.120. The zero-order valence-electron chi connectivity index (χ0n) is 18.9. The molecule has 0 saturated heterocycles. The highest BCUT2D eigenvalue weighted by Crippen LogP contribution is 2.19. The van der Waals surface area contributed by atoms with E-state index in [0.29, 0.717) is 12.8 Å². The molecule has 6 heteroatoms. The van der Waals surface area contributed by atoms with Crippen LogP contribution in [0.15, 0.2) is 67.0 Å². The molecule has 0 saturated carbocycles. The van der Waals surface area contributed by atoms with Crippen LogP contribution < -0.4 is 15.6 Å². The van der Waals surface area contributed by atoms with Crippen molar-refractivity contribution in [1.29, 1.82) is 0 Å². The highest BCUT2D eigenvalue weighted by Gasteiger charge is 2.30. The summed E-state index contributed by atoms with van der Waals surface area (Å²) in [4.78, 5) is 32.0. The highest BCUT2D eigenvalue weighted by molar-refractivity contribution is 5.99. The summed E-state index contributed by atoms with van der Waals surface area (Å²) >= 11 is 0. The predicted octanol–water partition coefficient (Wildman–Crippen LogP) is 4.07. The van der Waals surface area contributed by atoms with E-state index in [0.717, 1.165) is 59.2 Å². The van der Waals surface area contributed by atoms with Crippen LogP contribution >= 0.6 is 0 Å². The lowest BCUT2D eigenvalue weighted by Gasteiger charge is -2.15. The fourth-order valence-electron chi connectivity index (χ4n) is 4.15. The average molecular weight is 443 g/mol. The molecule has 169 valence electrons. The molecule has 1 aliphatic heterocycles. The molecule has 0 spiro atoms. The summed E-state index contributed by atoms with van der Waals surface area (Å²) < 4.78 is 0. The van der Waals surface area contributed by atoms with Crippen LogP contribution in [0.5, 0.6) is 0 Å². The van der Waals surface area contributed by atoms with Crippen molar-refractivity contribution in [2.24, 2.45) is 0 Å². The van der Waals surface area contributed by atoms with Gasteiger partial charge < -0.3 is 15.1 Å². The van der Waals surface area contributed by atoms with Crippen molar-refractivity contribution in [3.8, 4) is 0 Å². The van der Waals surface area contributed by atoms with Crippen LogP contribution in [0.3, 0.4) is 0 Å². The number of carbonyl (C=O) groups excluding carboxylic acids is 2. The van der Waals surface area contributed by atoms with Gasteiger partial charge in [0.15, 0.2) is 11.9 Å². The first-order chi connectivity index (χ1) is 16.1. The summed E-state index contributed by atoms with van der Waals surface area (Å²) in [5.41, 5.74) is 3.99. The van der Waals surface area contributed by atoms with Crippen LogP contribution in [0.4, 0.5) is 0 Å². The molecule has 0 fully saturated rings. The molecular weight excluding hydrogens is 412 g/mol. The minimum absolute atomic E-state index is 0.0360. The van der Waals surface area contributed by atoms with Gasteiger partial charge in [-0.3, -0.25) is 4.79 Å². The van der Waals surface area contributed by atoms with Gasteiger partial charge in [-0.05, 0) is 36.4 Å². The van der Waals surface area contributed by atoms with Crippen molar-refractivity contribution < 1.29 is 9.59 Å². The Morgan fingerprint density at radius 3 is 2.61 bits per heavy atom. The number of amidine groups is 1. The maximum absolute atomic E-state index is 13.0. The summed E-state index contributed by atoms with van der Waals surface area (Å²) in [7, 11) is 0. The van der Waals surface area contributed by atoms with Gasteiger partial charge in [-0.25, -0.2) is 5.32 Å². The van der Waals surface area contributed by atoms with E-state index in [2.05, 4.69) is 20.6 Å². The minimum atomic E-state index is -0.211. The van der Waals surface area contributed by atoms with Crippen molar-refractivity contribution in [2.45, 2.75) is 51.5 Å². The van der Waals surface area contributed by atoms with Crippen LogP contribution in [-0.4, -0.2) is 28.6 Å². The van der Waals surface area contributed by atoms with Crippen LogP contribution in [0.25, 0.3) is 16.6 Å². The third-order valence-corrected chi connectivity index (χ3v) is 5.89. The van der Waals surface area contributed by atoms with Gasteiger partial charge in [-0.2, -0.15) is 0 Å². The first kappa shape index (κ1) is 22.5. The number of aromatic nitrogens is 1. The third-order valence-electron chi connectivity index (χ3n) is 5.89. The molecule has 1 amide bonds. The molecule has 0 aliphatic carbocycles. The van der Waals surface area contributed by atoms with Gasteiger partial charge in [-0.1, -0.05) is 61.4 Å². The lowest BCUT2D eigenvalue weighted by Crippen LogP contribution is -2.47. The molecule has 2 heterocycles. The van der Waals surface area contributed by atoms with Crippen LogP contribution in [0.2, 0.25) is 0 Å². The number of nitrogens with zero attached hydrogens (tertiary/aromatic N) is 1. The van der Waals surface area contributed by atoms with Crippen LogP contribution in [0, 0.1) is 0 Å². The number of rotatable bonds is 11. The fraction of sp³-hybridized carbons (Fsp3) is 0.296. The number of aromatic amines is 1. The Hall–Kier alpha value is -3.67. The fourth-order valence-corrected chi connectivity index (χ4v) is 4.15. The van der Waals surface area contributed by atoms with Crippen molar-refractivity contribution >= 4 is 34.1 Å². The number of carbonyl (C=O) groups is 2. The second-order valence-electron chi connectivity index (χ2n) is 8.51. The van der Waals surface area contributed by atoms with Gasteiger partial charge in [0.1, 0.15) is 11.8 Å². The summed E-state index contributed by atoms with van der Waals surface area (Å²) in [5, 5.41) is 7.65. The number of benzene rings is 2. The van der Waals surface area contributed by atoms with Gasteiger partial charge in [0.25, 0.3) is 0 Å². The second-order valence-corrected chi connectivity index (χ2v) is 8.51. The SMILES string of the molecule is CC(=O)CCCCC[C@H](NC(=O)Cc1c[nH]c2ccccc12)C1=[N+]C=C(c2ccccc2)N1. The topological polar surface area (TPSA) is 88.1 Å². The van der Waals surface area contributed by atoms with Crippen LogP contribution in [-0.2, 0) is 16.0 Å². The van der Waals surface area contributed by atoms with E-state index < -0.39 is 0 Å². The number of para-hydroxylation sites is 1. The van der Waals surface area contributed by atoms with Gasteiger partial charge in [0.2, 0.25) is 5.91 Å². The molecule has 1 atom stereocenters. The molecule has 3 N–H and O–H groups in total. The largest absolute Gasteiger partial charge is 0.361 e. The molecule has 4 rings (SSSR count). The highest BCUT2D eigenvalue weighted by atomic mass is 16.1. The number of aliphatic imine (C=N–C) groups is 1. The van der Waals surface area contributed by atoms with E-state index in [4.69, 9.17) is 0 Å². The van der Waals surface area contributed by atoms with E-state index in [-0.39, 0.29) is 17.7 Å². The van der Waals surface area contributed by atoms with E-state index in [1.807, 2.05) is 67.0 Å². The number of ketones is 1.